The molecule has 0 atom stereocenters. The number of ketones is 1. The maximum Gasteiger partial charge on any atom is 0.339 e. The monoisotopic (exact) mass is 586 g/mol. The number of esters is 1. The van der Waals surface area contributed by atoms with Crippen molar-refractivity contribution < 1.29 is 33.0 Å². The molecule has 0 fully saturated rings. The second-order valence-electron chi connectivity index (χ2n) is 9.44. The van der Waals surface area contributed by atoms with Gasteiger partial charge >= 0.3 is 5.97 Å². The van der Waals surface area contributed by atoms with E-state index in [1.54, 1.807) is 105 Å². The molecule has 4 aromatic carbocycles. The van der Waals surface area contributed by atoms with Crippen LogP contribution in [0.2, 0.25) is 0 Å². The van der Waals surface area contributed by atoms with Gasteiger partial charge in [-0.15, -0.1) is 0 Å². The highest BCUT2D eigenvalue weighted by Gasteiger charge is 2.25. The molecule has 1 aromatic heterocycles. The predicted molar refractivity (Wildman–Crippen MR) is 163 cm³/mol. The summed E-state index contributed by atoms with van der Waals surface area (Å²) in [4.78, 5) is 38.9. The lowest BCUT2D eigenvalue weighted by molar-refractivity contribution is -0.119. The van der Waals surface area contributed by atoms with Crippen LogP contribution in [0.3, 0.4) is 0 Å². The van der Waals surface area contributed by atoms with Crippen molar-refractivity contribution in [1.29, 1.82) is 5.26 Å². The highest BCUT2D eigenvalue weighted by Crippen LogP contribution is 2.42. The van der Waals surface area contributed by atoms with Crippen molar-refractivity contribution in [2.24, 2.45) is 0 Å². The summed E-state index contributed by atoms with van der Waals surface area (Å²) in [6.45, 7) is -0.687. The number of carbonyl (C=O) groups excluding carboxylic acids is 3. The van der Waals surface area contributed by atoms with E-state index in [1.807, 2.05) is 0 Å². The number of hydrogen-bond acceptors (Lipinski definition) is 8. The molecule has 0 radical (unpaired) electrons. The Morgan fingerprint density at radius 1 is 0.750 bits per heavy atom. The molecular formula is C35H26N2O7. The van der Waals surface area contributed by atoms with E-state index in [1.165, 1.54) is 12.1 Å². The summed E-state index contributed by atoms with van der Waals surface area (Å²) in [6, 6.07) is 31.0. The minimum Gasteiger partial charge on any atom is -0.497 e. The zero-order valence-corrected chi connectivity index (χ0v) is 23.8. The molecule has 9 heteroatoms. The second kappa shape index (κ2) is 13.2. The van der Waals surface area contributed by atoms with Crippen molar-refractivity contribution in [2.45, 2.75) is 0 Å². The van der Waals surface area contributed by atoms with Crippen molar-refractivity contribution in [2.75, 3.05) is 26.1 Å². The number of furan rings is 1. The third kappa shape index (κ3) is 6.20. The van der Waals surface area contributed by atoms with Crippen LogP contribution in [-0.4, -0.2) is 38.5 Å². The Bertz CT molecular complexity index is 1850. The normalized spacial score (nSPS) is 10.4. The number of hydrogen-bond donors (Lipinski definition) is 1. The van der Waals surface area contributed by atoms with Gasteiger partial charge in [-0.3, -0.25) is 14.9 Å². The van der Waals surface area contributed by atoms with Gasteiger partial charge in [0, 0.05) is 22.3 Å². The van der Waals surface area contributed by atoms with Gasteiger partial charge in [-0.25, -0.2) is 4.79 Å². The fraction of sp³-hybridized carbons (Fsp3) is 0.0857. The zero-order chi connectivity index (χ0) is 31.1. The number of ether oxygens (including phenoxy) is 3. The minimum absolute atomic E-state index is 0.0217. The first-order chi connectivity index (χ1) is 21.4. The fourth-order valence-electron chi connectivity index (χ4n) is 4.58. The van der Waals surface area contributed by atoms with E-state index >= 15 is 0 Å². The molecule has 0 bridgehead atoms. The summed E-state index contributed by atoms with van der Waals surface area (Å²) in [6.07, 6.45) is 0. The number of rotatable bonds is 10. The van der Waals surface area contributed by atoms with Gasteiger partial charge in [0.15, 0.2) is 12.4 Å². The third-order valence-corrected chi connectivity index (χ3v) is 6.77. The first-order valence-corrected chi connectivity index (χ1v) is 13.4. The zero-order valence-electron chi connectivity index (χ0n) is 23.8. The number of anilines is 1. The summed E-state index contributed by atoms with van der Waals surface area (Å²) in [5.41, 5.74) is 2.42. The van der Waals surface area contributed by atoms with Gasteiger partial charge in [0.25, 0.3) is 5.91 Å². The largest absolute Gasteiger partial charge is 0.497 e. The molecule has 0 aliphatic carbocycles. The molecule has 1 amide bonds. The number of amides is 1. The summed E-state index contributed by atoms with van der Waals surface area (Å²) in [5, 5.41) is 12.7. The predicted octanol–water partition coefficient (Wildman–Crippen LogP) is 6.53. The quantitative estimate of drug-likeness (QED) is 0.145. The molecule has 0 saturated heterocycles. The second-order valence-corrected chi connectivity index (χ2v) is 9.44. The maximum atomic E-state index is 13.0. The first kappa shape index (κ1) is 29.4. The maximum absolute atomic E-state index is 13.0. The Hall–Kier alpha value is -6.14. The van der Waals surface area contributed by atoms with Gasteiger partial charge < -0.3 is 18.6 Å². The van der Waals surface area contributed by atoms with Gasteiger partial charge in [-0.2, -0.15) is 5.26 Å². The molecule has 9 nitrogen and oxygen atoms in total. The van der Waals surface area contributed by atoms with Crippen LogP contribution in [-0.2, 0) is 9.53 Å². The average molecular weight is 587 g/mol. The van der Waals surface area contributed by atoms with Crippen molar-refractivity contribution >= 4 is 23.5 Å². The number of nitrogens with zero attached hydrogens (tertiary/aromatic N) is 1. The highest BCUT2D eigenvalue weighted by molar-refractivity contribution is 6.14. The minimum atomic E-state index is -0.849. The Morgan fingerprint density at radius 3 is 1.91 bits per heavy atom. The summed E-state index contributed by atoms with van der Waals surface area (Å²) in [7, 11) is 3.11. The van der Waals surface area contributed by atoms with Crippen LogP contribution in [0, 0.1) is 11.3 Å². The van der Waals surface area contributed by atoms with Crippen molar-refractivity contribution in [3.8, 4) is 40.0 Å². The number of carbonyl (C=O) groups is 3. The van der Waals surface area contributed by atoms with Crippen LogP contribution in [0.5, 0.6) is 11.5 Å². The van der Waals surface area contributed by atoms with E-state index in [-0.39, 0.29) is 28.4 Å². The van der Waals surface area contributed by atoms with Gasteiger partial charge in [-0.1, -0.05) is 60.7 Å². The van der Waals surface area contributed by atoms with Crippen LogP contribution in [0.25, 0.3) is 22.5 Å². The van der Waals surface area contributed by atoms with Gasteiger partial charge in [0.2, 0.25) is 5.88 Å². The number of nitrogens with one attached hydrogen (secondary N) is 1. The van der Waals surface area contributed by atoms with E-state index < -0.39 is 18.5 Å². The van der Waals surface area contributed by atoms with Crippen molar-refractivity contribution in [3.63, 3.8) is 0 Å². The fourth-order valence-corrected chi connectivity index (χ4v) is 4.58. The molecule has 1 heterocycles. The smallest absolute Gasteiger partial charge is 0.339 e. The molecule has 0 unspecified atom stereocenters. The number of benzene rings is 4. The average Bonchev–Trinajstić information content (AvgIpc) is 3.45. The molecule has 44 heavy (non-hydrogen) atoms. The van der Waals surface area contributed by atoms with Crippen molar-refractivity contribution in [3.05, 3.63) is 125 Å². The van der Waals surface area contributed by atoms with E-state index in [0.29, 0.717) is 39.5 Å². The van der Waals surface area contributed by atoms with Gasteiger partial charge in [0.1, 0.15) is 28.9 Å². The topological polar surface area (TPSA) is 128 Å². The van der Waals surface area contributed by atoms with Crippen molar-refractivity contribution in [1.82, 2.24) is 0 Å². The van der Waals surface area contributed by atoms with Crippen LogP contribution in [0.4, 0.5) is 5.88 Å². The van der Waals surface area contributed by atoms with E-state index in [2.05, 4.69) is 11.4 Å². The molecule has 0 spiro atoms. The Kier molecular flexibility index (Phi) is 8.83. The van der Waals surface area contributed by atoms with Crippen LogP contribution < -0.4 is 14.8 Å². The van der Waals surface area contributed by atoms with E-state index in [0.717, 1.165) is 0 Å². The molecular weight excluding hydrogens is 560 g/mol. The van der Waals surface area contributed by atoms with E-state index in [9.17, 15) is 19.6 Å². The van der Waals surface area contributed by atoms with Gasteiger partial charge in [-0.05, 0) is 48.0 Å². The molecule has 0 saturated carbocycles. The van der Waals surface area contributed by atoms with E-state index in [4.69, 9.17) is 18.6 Å². The molecule has 5 aromatic rings. The molecule has 0 aliphatic heterocycles. The Morgan fingerprint density at radius 2 is 1.32 bits per heavy atom. The van der Waals surface area contributed by atoms with Crippen LogP contribution in [0.15, 0.2) is 108 Å². The Balaban J connectivity index is 1.39. The van der Waals surface area contributed by atoms with Crippen LogP contribution in [0.1, 0.15) is 31.8 Å². The first-order valence-electron chi connectivity index (χ1n) is 13.4. The number of nitriles is 1. The van der Waals surface area contributed by atoms with Crippen LogP contribution >= 0.6 is 0 Å². The summed E-state index contributed by atoms with van der Waals surface area (Å²) in [5.74, 6) is -0.442. The molecule has 5 rings (SSSR count). The lowest BCUT2D eigenvalue weighted by Crippen LogP contribution is -2.22. The lowest BCUT2D eigenvalue weighted by atomic mass is 9.98. The SMILES string of the molecule is COc1ccc(-c2oc(NC(=O)COC(=O)c3ccccc3C(=O)c3ccccc3)c(C#N)c2-c2ccc(OC)cc2)cc1. The summed E-state index contributed by atoms with van der Waals surface area (Å²) >= 11 is 0. The lowest BCUT2D eigenvalue weighted by Gasteiger charge is -2.09. The van der Waals surface area contributed by atoms with Gasteiger partial charge in [0.05, 0.1) is 19.8 Å². The standard InChI is InChI=1S/C35H26N2O7/c1-41-25-16-12-22(13-17-25)31-29(20-36)34(44-33(31)24-14-18-26(42-2)19-15-24)37-30(38)21-43-35(40)28-11-7-6-10-27(28)32(39)23-8-4-3-5-9-23/h3-19H,21H2,1-2H3,(H,37,38). The third-order valence-electron chi connectivity index (χ3n) is 6.77. The number of methoxy groups -OCH3 is 2. The molecule has 1 N–H and O–H groups in total. The highest BCUT2D eigenvalue weighted by atomic mass is 16.5. The molecule has 218 valence electrons. The molecule has 0 aliphatic rings. The summed E-state index contributed by atoms with van der Waals surface area (Å²) < 4.78 is 21.8. The Labute approximate surface area is 253 Å².